The second kappa shape index (κ2) is 5.27. The summed E-state index contributed by atoms with van der Waals surface area (Å²) in [6.07, 6.45) is 0. The lowest BCUT2D eigenvalue weighted by Crippen LogP contribution is -2.19. The third-order valence-electron chi connectivity index (χ3n) is 2.16. The van der Waals surface area contributed by atoms with E-state index < -0.39 is 17.7 Å². The highest BCUT2D eigenvalue weighted by molar-refractivity contribution is 5.99. The number of carbonyl (C=O) groups is 1. The lowest BCUT2D eigenvalue weighted by molar-refractivity contribution is 0.262. The second-order valence-electron chi connectivity index (χ2n) is 3.60. The Morgan fingerprint density at radius 2 is 1.28 bits per heavy atom. The Labute approximate surface area is 102 Å². The van der Waals surface area contributed by atoms with Crippen LogP contribution in [0, 0.1) is 11.6 Å². The summed E-state index contributed by atoms with van der Waals surface area (Å²) < 4.78 is 25.8. The van der Waals surface area contributed by atoms with E-state index in [0.29, 0.717) is 11.4 Å². The molecular weight excluding hydrogens is 238 g/mol. The lowest BCUT2D eigenvalue weighted by Gasteiger charge is -2.07. The van der Waals surface area contributed by atoms with Crippen LogP contribution in [0.5, 0.6) is 0 Å². The van der Waals surface area contributed by atoms with Gasteiger partial charge >= 0.3 is 6.03 Å². The largest absolute Gasteiger partial charge is 0.323 e. The molecule has 3 nitrogen and oxygen atoms in total. The molecule has 2 amide bonds. The van der Waals surface area contributed by atoms with Crippen LogP contribution in [0.25, 0.3) is 0 Å². The zero-order chi connectivity index (χ0) is 13.0. The standard InChI is InChI=1S/C13H10F2N2O/c14-9-3-1-5-11(7-9)16-13(18)17-12-6-2-4-10(15)8-12/h1-8H,(H2,16,17,18). The van der Waals surface area contributed by atoms with Gasteiger partial charge in [-0.15, -0.1) is 0 Å². The Morgan fingerprint density at radius 1 is 0.833 bits per heavy atom. The molecule has 0 aliphatic carbocycles. The van der Waals surface area contributed by atoms with Crippen LogP contribution in [0.3, 0.4) is 0 Å². The molecule has 0 bridgehead atoms. The Bertz CT molecular complexity index is 523. The van der Waals surface area contributed by atoms with Crippen molar-refractivity contribution in [2.75, 3.05) is 10.6 Å². The Hall–Kier alpha value is -2.43. The number of benzene rings is 2. The fraction of sp³-hybridized carbons (Fsp3) is 0. The Morgan fingerprint density at radius 3 is 1.67 bits per heavy atom. The van der Waals surface area contributed by atoms with Crippen molar-refractivity contribution in [2.24, 2.45) is 0 Å². The fourth-order valence-electron chi connectivity index (χ4n) is 1.43. The first kappa shape index (κ1) is 12.0. The van der Waals surface area contributed by atoms with Crippen LogP contribution >= 0.6 is 0 Å². The number of rotatable bonds is 2. The maximum Gasteiger partial charge on any atom is 0.323 e. The lowest BCUT2D eigenvalue weighted by atomic mass is 10.3. The molecule has 0 atom stereocenters. The molecule has 2 N–H and O–H groups in total. The minimum atomic E-state index is -0.564. The van der Waals surface area contributed by atoms with E-state index in [2.05, 4.69) is 10.6 Å². The van der Waals surface area contributed by atoms with E-state index in [1.165, 1.54) is 36.4 Å². The Balaban J connectivity index is 2.01. The van der Waals surface area contributed by atoms with Crippen LogP contribution in [0.15, 0.2) is 48.5 Å². The molecular formula is C13H10F2N2O. The summed E-state index contributed by atoms with van der Waals surface area (Å²) in [6, 6.07) is 10.4. The van der Waals surface area contributed by atoms with Crippen molar-refractivity contribution < 1.29 is 13.6 Å². The minimum absolute atomic E-state index is 0.323. The highest BCUT2D eigenvalue weighted by Crippen LogP contribution is 2.12. The molecule has 0 spiro atoms. The van der Waals surface area contributed by atoms with Gasteiger partial charge < -0.3 is 10.6 Å². The van der Waals surface area contributed by atoms with Gasteiger partial charge in [-0.1, -0.05) is 12.1 Å². The molecule has 2 aromatic carbocycles. The molecule has 2 aromatic rings. The van der Waals surface area contributed by atoms with Crippen molar-refractivity contribution in [1.29, 1.82) is 0 Å². The molecule has 0 radical (unpaired) electrons. The van der Waals surface area contributed by atoms with Gasteiger partial charge in [-0.2, -0.15) is 0 Å². The van der Waals surface area contributed by atoms with Gasteiger partial charge in [0.05, 0.1) is 0 Å². The number of hydrogen-bond donors (Lipinski definition) is 2. The first-order valence-electron chi connectivity index (χ1n) is 5.22. The van der Waals surface area contributed by atoms with Crippen molar-refractivity contribution in [3.8, 4) is 0 Å². The van der Waals surface area contributed by atoms with Gasteiger partial charge in [-0.25, -0.2) is 13.6 Å². The molecule has 0 unspecified atom stereocenters. The van der Waals surface area contributed by atoms with Crippen molar-refractivity contribution in [2.45, 2.75) is 0 Å². The van der Waals surface area contributed by atoms with Gasteiger partial charge in [0.1, 0.15) is 11.6 Å². The van der Waals surface area contributed by atoms with Crippen LogP contribution < -0.4 is 10.6 Å². The SMILES string of the molecule is O=C(Nc1cccc(F)c1)Nc1cccc(F)c1. The Kier molecular flexibility index (Phi) is 3.52. The van der Waals surface area contributed by atoms with Gasteiger partial charge in [0.25, 0.3) is 0 Å². The van der Waals surface area contributed by atoms with E-state index in [0.717, 1.165) is 0 Å². The predicted octanol–water partition coefficient (Wildman–Crippen LogP) is 3.61. The molecule has 5 heteroatoms. The third kappa shape index (κ3) is 3.28. The van der Waals surface area contributed by atoms with E-state index in [-0.39, 0.29) is 0 Å². The number of halogens is 2. The molecule has 0 fully saturated rings. The summed E-state index contributed by atoms with van der Waals surface area (Å²) in [5, 5.41) is 4.88. The molecule has 0 aromatic heterocycles. The number of nitrogens with one attached hydrogen (secondary N) is 2. The summed E-state index contributed by atoms with van der Waals surface area (Å²) in [4.78, 5) is 11.5. The van der Waals surface area contributed by atoms with Crippen LogP contribution in [-0.4, -0.2) is 6.03 Å². The number of carbonyl (C=O) groups excluding carboxylic acids is 1. The first-order chi connectivity index (χ1) is 8.63. The normalized spacial score (nSPS) is 9.89. The van der Waals surface area contributed by atoms with Gasteiger partial charge in [-0.05, 0) is 36.4 Å². The number of hydrogen-bond acceptors (Lipinski definition) is 1. The summed E-state index contributed by atoms with van der Waals surface area (Å²) in [5.41, 5.74) is 0.646. The molecule has 92 valence electrons. The molecule has 0 aliphatic heterocycles. The van der Waals surface area contributed by atoms with Crippen molar-refractivity contribution in [3.63, 3.8) is 0 Å². The second-order valence-corrected chi connectivity index (χ2v) is 3.60. The molecule has 0 heterocycles. The smallest absolute Gasteiger partial charge is 0.308 e. The zero-order valence-corrected chi connectivity index (χ0v) is 9.28. The maximum atomic E-state index is 12.9. The van der Waals surface area contributed by atoms with E-state index in [1.807, 2.05) is 0 Å². The molecule has 0 saturated heterocycles. The average Bonchev–Trinajstić information content (AvgIpc) is 2.28. The van der Waals surface area contributed by atoms with E-state index in [4.69, 9.17) is 0 Å². The quantitative estimate of drug-likeness (QED) is 0.837. The molecule has 18 heavy (non-hydrogen) atoms. The van der Waals surface area contributed by atoms with Gasteiger partial charge in [-0.3, -0.25) is 0 Å². The van der Waals surface area contributed by atoms with Crippen molar-refractivity contribution in [3.05, 3.63) is 60.2 Å². The maximum absolute atomic E-state index is 12.9. The molecule has 2 rings (SSSR count). The zero-order valence-electron chi connectivity index (χ0n) is 9.28. The minimum Gasteiger partial charge on any atom is -0.308 e. The number of anilines is 2. The summed E-state index contributed by atoms with van der Waals surface area (Å²) in [6.45, 7) is 0. The summed E-state index contributed by atoms with van der Waals surface area (Å²) in [7, 11) is 0. The van der Waals surface area contributed by atoms with Gasteiger partial charge in [0, 0.05) is 11.4 Å². The topological polar surface area (TPSA) is 41.1 Å². The monoisotopic (exact) mass is 248 g/mol. The number of urea groups is 1. The van der Waals surface area contributed by atoms with E-state index in [9.17, 15) is 13.6 Å². The van der Waals surface area contributed by atoms with Crippen LogP contribution in [0.2, 0.25) is 0 Å². The van der Waals surface area contributed by atoms with Crippen LogP contribution in [-0.2, 0) is 0 Å². The van der Waals surface area contributed by atoms with Crippen LogP contribution in [0.1, 0.15) is 0 Å². The third-order valence-corrected chi connectivity index (χ3v) is 2.16. The highest BCUT2D eigenvalue weighted by atomic mass is 19.1. The van der Waals surface area contributed by atoms with Crippen molar-refractivity contribution >= 4 is 17.4 Å². The first-order valence-corrected chi connectivity index (χ1v) is 5.22. The van der Waals surface area contributed by atoms with Gasteiger partial charge in [0.2, 0.25) is 0 Å². The van der Waals surface area contributed by atoms with Crippen LogP contribution in [0.4, 0.5) is 25.0 Å². The molecule has 0 saturated carbocycles. The highest BCUT2D eigenvalue weighted by Gasteiger charge is 2.03. The molecule has 0 aliphatic rings. The summed E-state index contributed by atoms with van der Waals surface area (Å²) in [5.74, 6) is -0.892. The average molecular weight is 248 g/mol. The summed E-state index contributed by atoms with van der Waals surface area (Å²) >= 11 is 0. The van der Waals surface area contributed by atoms with E-state index in [1.54, 1.807) is 12.1 Å². The predicted molar refractivity (Wildman–Crippen MR) is 65.4 cm³/mol. The van der Waals surface area contributed by atoms with Gasteiger partial charge in [0.15, 0.2) is 0 Å². The van der Waals surface area contributed by atoms with E-state index >= 15 is 0 Å². The number of amides is 2. The fourth-order valence-corrected chi connectivity index (χ4v) is 1.43. The van der Waals surface area contributed by atoms with Crippen molar-refractivity contribution in [1.82, 2.24) is 0 Å².